The number of pyridine rings is 1. The van der Waals surface area contributed by atoms with Crippen LogP contribution in [0.2, 0.25) is 5.02 Å². The largest absolute Gasteiger partial charge is 0.467 e. The zero-order valence-electron chi connectivity index (χ0n) is 10.6. The smallest absolute Gasteiger partial charge is 0.333 e. The van der Waals surface area contributed by atoms with E-state index in [2.05, 4.69) is 26.2 Å². The fourth-order valence-corrected chi connectivity index (χ4v) is 2.20. The first-order valence-electron chi connectivity index (χ1n) is 5.80. The molecule has 2 aromatic rings. The molecule has 104 valence electrons. The van der Waals surface area contributed by atoms with Crippen molar-refractivity contribution >= 4 is 39.2 Å². The molecule has 0 bridgehead atoms. The van der Waals surface area contributed by atoms with Crippen LogP contribution < -0.4 is 5.32 Å². The zero-order chi connectivity index (χ0) is 14.5. The summed E-state index contributed by atoms with van der Waals surface area (Å²) in [6, 6.07) is 8.27. The first-order valence-corrected chi connectivity index (χ1v) is 6.97. The fourth-order valence-electron chi connectivity index (χ4n) is 1.70. The average molecular weight is 356 g/mol. The number of ether oxygens (including phenoxy) is 1. The van der Waals surface area contributed by atoms with Crippen molar-refractivity contribution in [2.75, 3.05) is 12.4 Å². The predicted molar refractivity (Wildman–Crippen MR) is 81.8 cm³/mol. The van der Waals surface area contributed by atoms with Crippen LogP contribution in [0.1, 0.15) is 11.6 Å². The summed E-state index contributed by atoms with van der Waals surface area (Å²) >= 11 is 9.18. The summed E-state index contributed by atoms with van der Waals surface area (Å²) in [6.07, 6.45) is 3.27. The molecular weight excluding hydrogens is 344 g/mol. The van der Waals surface area contributed by atoms with Crippen LogP contribution in [-0.4, -0.2) is 18.1 Å². The Morgan fingerprint density at radius 2 is 2.05 bits per heavy atom. The van der Waals surface area contributed by atoms with Gasteiger partial charge in [0.25, 0.3) is 0 Å². The standard InChI is InChI=1S/C14H12BrClN2O2/c1-20-14(19)13(9-6-10(15)8-17-7-9)18-12-4-2-11(16)3-5-12/h2-8,13,18H,1H3. The molecule has 0 saturated carbocycles. The molecule has 1 aromatic carbocycles. The minimum atomic E-state index is -0.633. The summed E-state index contributed by atoms with van der Waals surface area (Å²) in [5, 5.41) is 3.74. The molecule has 0 radical (unpaired) electrons. The van der Waals surface area contributed by atoms with Crippen molar-refractivity contribution in [2.24, 2.45) is 0 Å². The second-order valence-electron chi connectivity index (χ2n) is 4.04. The number of hydrogen-bond acceptors (Lipinski definition) is 4. The Hall–Kier alpha value is -1.59. The number of nitrogens with one attached hydrogen (secondary N) is 1. The Kier molecular flexibility index (Phi) is 4.98. The average Bonchev–Trinajstić information content (AvgIpc) is 2.46. The minimum absolute atomic E-state index is 0.389. The van der Waals surface area contributed by atoms with Crippen LogP contribution in [0.5, 0.6) is 0 Å². The molecule has 0 fully saturated rings. The van der Waals surface area contributed by atoms with E-state index in [-0.39, 0.29) is 5.97 Å². The summed E-state index contributed by atoms with van der Waals surface area (Å²) in [6.45, 7) is 0. The molecule has 1 aromatic heterocycles. The molecule has 1 atom stereocenters. The Labute approximate surface area is 130 Å². The summed E-state index contributed by atoms with van der Waals surface area (Å²) in [7, 11) is 1.35. The van der Waals surface area contributed by atoms with Crippen molar-refractivity contribution in [1.82, 2.24) is 4.98 Å². The quantitative estimate of drug-likeness (QED) is 0.847. The van der Waals surface area contributed by atoms with Crippen LogP contribution in [0.15, 0.2) is 47.2 Å². The lowest BCUT2D eigenvalue weighted by Gasteiger charge is -2.18. The van der Waals surface area contributed by atoms with Gasteiger partial charge in [-0.15, -0.1) is 0 Å². The number of esters is 1. The number of hydrogen-bond donors (Lipinski definition) is 1. The molecule has 0 amide bonds. The Morgan fingerprint density at radius 1 is 1.35 bits per heavy atom. The van der Waals surface area contributed by atoms with Crippen LogP contribution >= 0.6 is 27.5 Å². The second-order valence-corrected chi connectivity index (χ2v) is 5.40. The number of halogens is 2. The highest BCUT2D eigenvalue weighted by molar-refractivity contribution is 9.10. The van der Waals surface area contributed by atoms with Crippen molar-refractivity contribution in [2.45, 2.75) is 6.04 Å². The van der Waals surface area contributed by atoms with Crippen LogP contribution in [0.4, 0.5) is 5.69 Å². The molecule has 6 heteroatoms. The number of methoxy groups -OCH3 is 1. The van der Waals surface area contributed by atoms with Crippen LogP contribution in [0.25, 0.3) is 0 Å². The van der Waals surface area contributed by atoms with Crippen molar-refractivity contribution in [3.63, 3.8) is 0 Å². The lowest BCUT2D eigenvalue weighted by Crippen LogP contribution is -2.22. The number of anilines is 1. The van der Waals surface area contributed by atoms with Gasteiger partial charge in [-0.25, -0.2) is 4.79 Å². The minimum Gasteiger partial charge on any atom is -0.467 e. The van der Waals surface area contributed by atoms with E-state index in [0.717, 1.165) is 10.2 Å². The molecule has 0 aliphatic carbocycles. The Bertz CT molecular complexity index is 604. The second kappa shape index (κ2) is 6.72. The molecule has 0 saturated heterocycles. The van der Waals surface area contributed by atoms with Gasteiger partial charge in [0.15, 0.2) is 6.04 Å². The number of rotatable bonds is 4. The van der Waals surface area contributed by atoms with Gasteiger partial charge in [-0.3, -0.25) is 4.98 Å². The van der Waals surface area contributed by atoms with Gasteiger partial charge in [0, 0.05) is 33.1 Å². The molecule has 0 aliphatic heterocycles. The molecule has 0 spiro atoms. The van der Waals surface area contributed by atoms with Gasteiger partial charge in [-0.1, -0.05) is 11.6 Å². The SMILES string of the molecule is COC(=O)C(Nc1ccc(Cl)cc1)c1cncc(Br)c1. The van der Waals surface area contributed by atoms with Gasteiger partial charge in [0.05, 0.1) is 7.11 Å². The Balaban J connectivity index is 2.28. The number of carbonyl (C=O) groups is 1. The molecule has 20 heavy (non-hydrogen) atoms. The lowest BCUT2D eigenvalue weighted by molar-refractivity contribution is -0.141. The highest BCUT2D eigenvalue weighted by atomic mass is 79.9. The van der Waals surface area contributed by atoms with Gasteiger partial charge in [-0.05, 0) is 46.3 Å². The van der Waals surface area contributed by atoms with Gasteiger partial charge < -0.3 is 10.1 Å². The maximum absolute atomic E-state index is 11.9. The predicted octanol–water partition coefficient (Wildman–Crippen LogP) is 3.82. The molecule has 1 N–H and O–H groups in total. The molecule has 0 aliphatic rings. The third kappa shape index (κ3) is 3.71. The third-order valence-electron chi connectivity index (χ3n) is 2.65. The van der Waals surface area contributed by atoms with E-state index in [1.165, 1.54) is 7.11 Å². The number of benzene rings is 1. The van der Waals surface area contributed by atoms with E-state index in [0.29, 0.717) is 10.6 Å². The first-order chi connectivity index (χ1) is 9.60. The third-order valence-corrected chi connectivity index (χ3v) is 3.34. The van der Waals surface area contributed by atoms with E-state index in [1.807, 2.05) is 6.07 Å². The zero-order valence-corrected chi connectivity index (χ0v) is 13.0. The molecule has 4 nitrogen and oxygen atoms in total. The fraction of sp³-hybridized carbons (Fsp3) is 0.143. The molecule has 1 unspecified atom stereocenters. The molecule has 2 rings (SSSR count). The number of carbonyl (C=O) groups excluding carboxylic acids is 1. The van der Waals surface area contributed by atoms with Crippen LogP contribution in [-0.2, 0) is 9.53 Å². The van der Waals surface area contributed by atoms with Crippen LogP contribution in [0, 0.1) is 0 Å². The normalized spacial score (nSPS) is 11.8. The van der Waals surface area contributed by atoms with E-state index >= 15 is 0 Å². The highest BCUT2D eigenvalue weighted by Crippen LogP contribution is 2.23. The van der Waals surface area contributed by atoms with Gasteiger partial charge >= 0.3 is 5.97 Å². The topological polar surface area (TPSA) is 51.2 Å². The summed E-state index contributed by atoms with van der Waals surface area (Å²) in [5.74, 6) is -0.389. The maximum atomic E-state index is 11.9. The highest BCUT2D eigenvalue weighted by Gasteiger charge is 2.21. The Morgan fingerprint density at radius 3 is 2.65 bits per heavy atom. The van der Waals surface area contributed by atoms with Gasteiger partial charge in [0.1, 0.15) is 0 Å². The first kappa shape index (κ1) is 14.8. The van der Waals surface area contributed by atoms with Crippen molar-refractivity contribution in [3.05, 3.63) is 57.8 Å². The molecular formula is C14H12BrClN2O2. The summed E-state index contributed by atoms with van der Waals surface area (Å²) < 4.78 is 5.63. The monoisotopic (exact) mass is 354 g/mol. The summed E-state index contributed by atoms with van der Waals surface area (Å²) in [5.41, 5.74) is 1.48. The van der Waals surface area contributed by atoms with Crippen molar-refractivity contribution in [3.8, 4) is 0 Å². The van der Waals surface area contributed by atoms with Crippen LogP contribution in [0.3, 0.4) is 0 Å². The maximum Gasteiger partial charge on any atom is 0.333 e. The van der Waals surface area contributed by atoms with E-state index in [4.69, 9.17) is 16.3 Å². The van der Waals surface area contributed by atoms with Gasteiger partial charge in [-0.2, -0.15) is 0 Å². The van der Waals surface area contributed by atoms with E-state index in [9.17, 15) is 4.79 Å². The van der Waals surface area contributed by atoms with Crippen molar-refractivity contribution < 1.29 is 9.53 Å². The number of nitrogens with zero attached hydrogens (tertiary/aromatic N) is 1. The lowest BCUT2D eigenvalue weighted by atomic mass is 10.1. The number of aromatic nitrogens is 1. The van der Waals surface area contributed by atoms with Crippen molar-refractivity contribution in [1.29, 1.82) is 0 Å². The van der Waals surface area contributed by atoms with E-state index < -0.39 is 6.04 Å². The van der Waals surface area contributed by atoms with E-state index in [1.54, 1.807) is 36.7 Å². The molecule has 1 heterocycles. The van der Waals surface area contributed by atoms with Gasteiger partial charge in [0.2, 0.25) is 0 Å². The summed E-state index contributed by atoms with van der Waals surface area (Å²) in [4.78, 5) is 16.0.